The highest BCUT2D eigenvalue weighted by Crippen LogP contribution is 2.29. The lowest BCUT2D eigenvalue weighted by Crippen LogP contribution is -2.40. The maximum Gasteiger partial charge on any atom is 0.322 e. The van der Waals surface area contributed by atoms with Crippen molar-refractivity contribution in [2.24, 2.45) is 0 Å². The van der Waals surface area contributed by atoms with E-state index in [1.165, 1.54) is 7.11 Å². The van der Waals surface area contributed by atoms with Gasteiger partial charge in [0.1, 0.15) is 11.3 Å². The van der Waals surface area contributed by atoms with Crippen molar-refractivity contribution in [2.75, 3.05) is 12.4 Å². The molecule has 1 saturated heterocycles. The van der Waals surface area contributed by atoms with E-state index in [-0.39, 0.29) is 5.91 Å². The molecule has 1 heterocycles. The van der Waals surface area contributed by atoms with Crippen LogP contribution in [0.15, 0.2) is 42.5 Å². The molecule has 7 nitrogen and oxygen atoms in total. The normalized spacial score (nSPS) is 18.9. The maximum atomic E-state index is 12.5. The minimum absolute atomic E-state index is 0.359. The molecule has 26 heavy (non-hydrogen) atoms. The number of urea groups is 1. The molecule has 3 rings (SSSR count). The van der Waals surface area contributed by atoms with E-state index in [0.29, 0.717) is 27.6 Å². The van der Waals surface area contributed by atoms with E-state index in [4.69, 9.17) is 16.3 Å². The summed E-state index contributed by atoms with van der Waals surface area (Å²) in [5, 5.41) is 7.97. The number of nitrogens with one attached hydrogen (secondary N) is 3. The lowest BCUT2D eigenvalue weighted by molar-refractivity contribution is -0.123. The molecule has 0 spiro atoms. The molecular weight excluding hydrogens is 358 g/mol. The molecule has 134 valence electrons. The second kappa shape index (κ2) is 6.68. The summed E-state index contributed by atoms with van der Waals surface area (Å²) in [6.07, 6.45) is 0. The number of amides is 4. The third kappa shape index (κ3) is 3.21. The number of hydrogen-bond donors (Lipinski definition) is 3. The Bertz CT molecular complexity index is 898. The van der Waals surface area contributed by atoms with Gasteiger partial charge in [-0.15, -0.1) is 0 Å². The number of carbonyl (C=O) groups is 3. The van der Waals surface area contributed by atoms with Crippen molar-refractivity contribution in [3.05, 3.63) is 58.6 Å². The number of methoxy groups -OCH3 is 1. The average molecular weight is 374 g/mol. The summed E-state index contributed by atoms with van der Waals surface area (Å²) in [4.78, 5) is 35.8. The zero-order chi connectivity index (χ0) is 18.9. The standard InChI is InChI=1S/C18H16ClN3O4/c1-18(16(24)21-17(25)22-18)11-5-3-10(4-6-11)15(23)20-13-9-12(19)7-8-14(13)26-2/h3-9H,1-2H3,(H,20,23)(H2,21,22,24,25). The van der Waals surface area contributed by atoms with Crippen LogP contribution in [0, 0.1) is 0 Å². The molecule has 3 N–H and O–H groups in total. The number of anilines is 1. The van der Waals surface area contributed by atoms with E-state index >= 15 is 0 Å². The van der Waals surface area contributed by atoms with Gasteiger partial charge in [0, 0.05) is 10.6 Å². The maximum absolute atomic E-state index is 12.5. The van der Waals surface area contributed by atoms with Crippen LogP contribution in [0.2, 0.25) is 5.02 Å². The first-order chi connectivity index (χ1) is 12.3. The molecule has 0 saturated carbocycles. The summed E-state index contributed by atoms with van der Waals surface area (Å²) < 4.78 is 5.20. The van der Waals surface area contributed by atoms with Crippen LogP contribution in [0.1, 0.15) is 22.8 Å². The van der Waals surface area contributed by atoms with Gasteiger partial charge in [-0.2, -0.15) is 0 Å². The van der Waals surface area contributed by atoms with Crippen molar-refractivity contribution in [3.8, 4) is 5.75 Å². The fourth-order valence-corrected chi connectivity index (χ4v) is 2.85. The van der Waals surface area contributed by atoms with Crippen molar-refractivity contribution < 1.29 is 19.1 Å². The molecule has 1 atom stereocenters. The molecule has 0 aliphatic carbocycles. The zero-order valence-electron chi connectivity index (χ0n) is 14.1. The fraction of sp³-hybridized carbons (Fsp3) is 0.167. The van der Waals surface area contributed by atoms with Crippen molar-refractivity contribution in [2.45, 2.75) is 12.5 Å². The number of rotatable bonds is 4. The SMILES string of the molecule is COc1ccc(Cl)cc1NC(=O)c1ccc(C2(C)NC(=O)NC2=O)cc1. The monoisotopic (exact) mass is 373 g/mol. The van der Waals surface area contributed by atoms with Gasteiger partial charge in [0.05, 0.1) is 12.8 Å². The molecule has 1 fully saturated rings. The quantitative estimate of drug-likeness (QED) is 0.718. The van der Waals surface area contributed by atoms with Crippen LogP contribution in [-0.4, -0.2) is 25.0 Å². The Morgan fingerprint density at radius 1 is 1.15 bits per heavy atom. The Labute approximate surface area is 154 Å². The lowest BCUT2D eigenvalue weighted by atomic mass is 9.91. The van der Waals surface area contributed by atoms with E-state index < -0.39 is 17.5 Å². The fourth-order valence-electron chi connectivity index (χ4n) is 2.67. The molecule has 2 aromatic carbocycles. The van der Waals surface area contributed by atoms with Gasteiger partial charge in [-0.05, 0) is 42.8 Å². The van der Waals surface area contributed by atoms with Crippen LogP contribution in [0.3, 0.4) is 0 Å². The first kappa shape index (κ1) is 17.8. The van der Waals surface area contributed by atoms with E-state index in [1.54, 1.807) is 49.4 Å². The highest BCUT2D eigenvalue weighted by molar-refractivity contribution is 6.31. The topological polar surface area (TPSA) is 96.5 Å². The predicted octanol–water partition coefficient (Wildman–Crippen LogP) is 2.66. The smallest absolute Gasteiger partial charge is 0.322 e. The first-order valence-corrected chi connectivity index (χ1v) is 8.10. The highest BCUT2D eigenvalue weighted by atomic mass is 35.5. The molecule has 0 radical (unpaired) electrons. The molecule has 4 amide bonds. The second-order valence-corrected chi connectivity index (χ2v) is 6.35. The third-order valence-electron chi connectivity index (χ3n) is 4.18. The van der Waals surface area contributed by atoms with Crippen molar-refractivity contribution >= 4 is 35.1 Å². The number of hydrogen-bond acceptors (Lipinski definition) is 4. The predicted molar refractivity (Wildman–Crippen MR) is 96.4 cm³/mol. The molecule has 0 aromatic heterocycles. The average Bonchev–Trinajstić information content (AvgIpc) is 2.88. The van der Waals surface area contributed by atoms with Crippen LogP contribution in [-0.2, 0) is 10.3 Å². The van der Waals surface area contributed by atoms with Crippen molar-refractivity contribution in [1.29, 1.82) is 0 Å². The molecule has 1 aliphatic heterocycles. The lowest BCUT2D eigenvalue weighted by Gasteiger charge is -2.21. The van der Waals surface area contributed by atoms with E-state index in [9.17, 15) is 14.4 Å². The molecule has 1 unspecified atom stereocenters. The molecular formula is C18H16ClN3O4. The number of imide groups is 1. The number of ether oxygens (including phenoxy) is 1. The van der Waals surface area contributed by atoms with Crippen molar-refractivity contribution in [1.82, 2.24) is 10.6 Å². The number of benzene rings is 2. The van der Waals surface area contributed by atoms with E-state index in [1.807, 2.05) is 0 Å². The number of halogens is 1. The van der Waals surface area contributed by atoms with Gasteiger partial charge in [-0.1, -0.05) is 23.7 Å². The Morgan fingerprint density at radius 3 is 2.42 bits per heavy atom. The Balaban J connectivity index is 1.81. The molecule has 0 bridgehead atoms. The summed E-state index contributed by atoms with van der Waals surface area (Å²) >= 11 is 5.96. The first-order valence-electron chi connectivity index (χ1n) is 7.72. The second-order valence-electron chi connectivity index (χ2n) is 5.91. The summed E-state index contributed by atoms with van der Waals surface area (Å²) in [5.41, 5.74) is 0.229. The van der Waals surface area contributed by atoms with Crippen LogP contribution >= 0.6 is 11.6 Å². The highest BCUT2D eigenvalue weighted by Gasteiger charge is 2.43. The van der Waals surface area contributed by atoms with Gasteiger partial charge < -0.3 is 15.4 Å². The molecule has 1 aliphatic rings. The largest absolute Gasteiger partial charge is 0.495 e. The van der Waals surface area contributed by atoms with Gasteiger partial charge in [0.15, 0.2) is 0 Å². The molecule has 8 heteroatoms. The van der Waals surface area contributed by atoms with Crippen LogP contribution in [0.5, 0.6) is 5.75 Å². The van der Waals surface area contributed by atoms with Gasteiger partial charge in [0.25, 0.3) is 11.8 Å². The Hall–Kier alpha value is -3.06. The summed E-state index contributed by atoms with van der Waals surface area (Å²) in [7, 11) is 1.50. The number of carbonyl (C=O) groups excluding carboxylic acids is 3. The zero-order valence-corrected chi connectivity index (χ0v) is 14.8. The van der Waals surface area contributed by atoms with Crippen LogP contribution < -0.4 is 20.7 Å². The molecule has 2 aromatic rings. The summed E-state index contributed by atoms with van der Waals surface area (Å²) in [6, 6.07) is 10.7. The van der Waals surface area contributed by atoms with Gasteiger partial charge in [-0.25, -0.2) is 4.79 Å². The van der Waals surface area contributed by atoms with Crippen molar-refractivity contribution in [3.63, 3.8) is 0 Å². The van der Waals surface area contributed by atoms with Gasteiger partial charge in [-0.3, -0.25) is 14.9 Å². The summed E-state index contributed by atoms with van der Waals surface area (Å²) in [5.74, 6) is -0.317. The minimum Gasteiger partial charge on any atom is -0.495 e. The van der Waals surface area contributed by atoms with Crippen LogP contribution in [0.25, 0.3) is 0 Å². The summed E-state index contributed by atoms with van der Waals surface area (Å²) in [6.45, 7) is 1.60. The van der Waals surface area contributed by atoms with Gasteiger partial charge in [0.2, 0.25) is 0 Å². The Kier molecular flexibility index (Phi) is 4.56. The third-order valence-corrected chi connectivity index (χ3v) is 4.41. The van der Waals surface area contributed by atoms with E-state index in [0.717, 1.165) is 0 Å². The van der Waals surface area contributed by atoms with Gasteiger partial charge >= 0.3 is 6.03 Å². The van der Waals surface area contributed by atoms with Crippen LogP contribution in [0.4, 0.5) is 10.5 Å². The minimum atomic E-state index is -1.16. The van der Waals surface area contributed by atoms with E-state index in [2.05, 4.69) is 16.0 Å². The Morgan fingerprint density at radius 2 is 1.85 bits per heavy atom.